The summed E-state index contributed by atoms with van der Waals surface area (Å²) in [5.41, 5.74) is -0.770. The van der Waals surface area contributed by atoms with Gasteiger partial charge in [0.25, 0.3) is 5.56 Å². The topological polar surface area (TPSA) is 98.1 Å². The number of likely N-dealkylation sites (tertiary alicyclic amines) is 1. The predicted octanol–water partition coefficient (Wildman–Crippen LogP) is 0.767. The van der Waals surface area contributed by atoms with E-state index in [0.29, 0.717) is 0 Å². The number of aromatic amines is 2. The monoisotopic (exact) mass is 348 g/mol. The molecule has 7 heteroatoms. The van der Waals surface area contributed by atoms with Crippen molar-refractivity contribution in [1.82, 2.24) is 20.2 Å². The lowest BCUT2D eigenvalue weighted by molar-refractivity contribution is -0.121. The van der Waals surface area contributed by atoms with E-state index in [0.717, 1.165) is 38.4 Å². The number of piperidine rings is 1. The lowest BCUT2D eigenvalue weighted by Crippen LogP contribution is -2.49. The SMILES string of the molecule is O=C(Cc1c[nH]c(=O)[nH]c1=O)NC1CCCN(CC2CCCCC2)C1. The summed E-state index contributed by atoms with van der Waals surface area (Å²) < 4.78 is 0. The third-order valence-electron chi connectivity index (χ3n) is 5.36. The van der Waals surface area contributed by atoms with Gasteiger partial charge in [-0.2, -0.15) is 0 Å². The molecule has 3 rings (SSSR count). The van der Waals surface area contributed by atoms with Crippen LogP contribution in [0.2, 0.25) is 0 Å². The number of nitrogens with one attached hydrogen (secondary N) is 3. The smallest absolute Gasteiger partial charge is 0.325 e. The maximum atomic E-state index is 12.2. The fraction of sp³-hybridized carbons (Fsp3) is 0.722. The summed E-state index contributed by atoms with van der Waals surface area (Å²) in [7, 11) is 0. The molecule has 25 heavy (non-hydrogen) atoms. The normalized spacial score (nSPS) is 22.6. The Morgan fingerprint density at radius 2 is 1.96 bits per heavy atom. The van der Waals surface area contributed by atoms with E-state index in [1.165, 1.54) is 38.3 Å². The van der Waals surface area contributed by atoms with E-state index in [1.54, 1.807) is 0 Å². The van der Waals surface area contributed by atoms with E-state index < -0.39 is 11.2 Å². The fourth-order valence-corrected chi connectivity index (χ4v) is 4.09. The first kappa shape index (κ1) is 17.9. The molecule has 1 saturated heterocycles. The van der Waals surface area contributed by atoms with Crippen molar-refractivity contribution >= 4 is 5.91 Å². The van der Waals surface area contributed by atoms with Crippen molar-refractivity contribution in [2.24, 2.45) is 5.92 Å². The second-order valence-electron chi connectivity index (χ2n) is 7.44. The molecule has 1 atom stereocenters. The largest absolute Gasteiger partial charge is 0.352 e. The standard InChI is InChI=1S/C18H28N4O3/c23-16(9-14-10-19-18(25)21-17(14)24)20-15-7-4-8-22(12-15)11-13-5-2-1-3-6-13/h10,13,15H,1-9,11-12H2,(H,20,23)(H2,19,21,24,25). The second-order valence-corrected chi connectivity index (χ2v) is 7.44. The van der Waals surface area contributed by atoms with Crippen molar-refractivity contribution in [2.75, 3.05) is 19.6 Å². The van der Waals surface area contributed by atoms with Crippen LogP contribution in [0.3, 0.4) is 0 Å². The Bertz CT molecular complexity index is 690. The zero-order valence-electron chi connectivity index (χ0n) is 14.7. The van der Waals surface area contributed by atoms with Crippen molar-refractivity contribution in [2.45, 2.75) is 57.4 Å². The highest BCUT2D eigenvalue weighted by atomic mass is 16.2. The molecule has 2 heterocycles. The highest BCUT2D eigenvalue weighted by molar-refractivity contribution is 5.78. The molecule has 1 aromatic rings. The van der Waals surface area contributed by atoms with Crippen LogP contribution in [0.25, 0.3) is 0 Å². The lowest BCUT2D eigenvalue weighted by Gasteiger charge is -2.36. The molecule has 138 valence electrons. The molecule has 1 saturated carbocycles. The van der Waals surface area contributed by atoms with E-state index in [-0.39, 0.29) is 23.9 Å². The van der Waals surface area contributed by atoms with Crippen LogP contribution in [0.1, 0.15) is 50.5 Å². The molecular formula is C18H28N4O3. The third kappa shape index (κ3) is 5.29. The van der Waals surface area contributed by atoms with Crippen LogP contribution in [0, 0.1) is 5.92 Å². The summed E-state index contributed by atoms with van der Waals surface area (Å²) in [5.74, 6) is 0.643. The summed E-state index contributed by atoms with van der Waals surface area (Å²) in [6.45, 7) is 3.15. The molecule has 7 nitrogen and oxygen atoms in total. The van der Waals surface area contributed by atoms with E-state index in [1.807, 2.05) is 0 Å². The van der Waals surface area contributed by atoms with Crippen LogP contribution in [0.15, 0.2) is 15.8 Å². The highest BCUT2D eigenvalue weighted by Crippen LogP contribution is 2.25. The number of H-pyrrole nitrogens is 2. The number of nitrogens with zero attached hydrogens (tertiary/aromatic N) is 1. The summed E-state index contributed by atoms with van der Waals surface area (Å²) >= 11 is 0. The van der Waals surface area contributed by atoms with Gasteiger partial charge >= 0.3 is 5.69 Å². The predicted molar refractivity (Wildman–Crippen MR) is 95.6 cm³/mol. The van der Waals surface area contributed by atoms with Gasteiger partial charge < -0.3 is 15.2 Å². The maximum Gasteiger partial charge on any atom is 0.325 e. The van der Waals surface area contributed by atoms with E-state index in [4.69, 9.17) is 0 Å². The van der Waals surface area contributed by atoms with Gasteiger partial charge in [-0.25, -0.2) is 4.79 Å². The Labute approximate surface area is 147 Å². The van der Waals surface area contributed by atoms with Crippen molar-refractivity contribution in [3.63, 3.8) is 0 Å². The molecule has 0 bridgehead atoms. The third-order valence-corrected chi connectivity index (χ3v) is 5.36. The summed E-state index contributed by atoms with van der Waals surface area (Å²) in [6, 6.07) is 0.145. The van der Waals surface area contributed by atoms with Gasteiger partial charge in [0.15, 0.2) is 0 Å². The van der Waals surface area contributed by atoms with Gasteiger partial charge in [-0.05, 0) is 38.1 Å². The lowest BCUT2D eigenvalue weighted by atomic mass is 9.88. The minimum absolute atomic E-state index is 0.00869. The number of hydrogen-bond donors (Lipinski definition) is 3. The van der Waals surface area contributed by atoms with Crippen molar-refractivity contribution in [3.05, 3.63) is 32.6 Å². The Hall–Kier alpha value is -1.89. The van der Waals surface area contributed by atoms with Crippen LogP contribution in [0.5, 0.6) is 0 Å². The molecule has 3 N–H and O–H groups in total. The number of carbonyl (C=O) groups is 1. The Morgan fingerprint density at radius 3 is 2.72 bits per heavy atom. The molecule has 2 aliphatic rings. The van der Waals surface area contributed by atoms with Crippen molar-refractivity contribution < 1.29 is 4.79 Å². The summed E-state index contributed by atoms with van der Waals surface area (Å²) in [6.07, 6.45) is 10.1. The van der Waals surface area contributed by atoms with Crippen molar-refractivity contribution in [1.29, 1.82) is 0 Å². The first-order valence-electron chi connectivity index (χ1n) is 9.43. The molecule has 0 aromatic carbocycles. The molecule has 1 aliphatic carbocycles. The Morgan fingerprint density at radius 1 is 1.16 bits per heavy atom. The average Bonchev–Trinajstić information content (AvgIpc) is 2.59. The highest BCUT2D eigenvalue weighted by Gasteiger charge is 2.24. The summed E-state index contributed by atoms with van der Waals surface area (Å²) in [5, 5.41) is 3.05. The molecule has 1 amide bonds. The number of hydrogen-bond acceptors (Lipinski definition) is 4. The molecule has 0 radical (unpaired) electrons. The van der Waals surface area contributed by atoms with Crippen LogP contribution in [-0.2, 0) is 11.2 Å². The zero-order chi connectivity index (χ0) is 17.6. The molecular weight excluding hydrogens is 320 g/mol. The second kappa shape index (κ2) is 8.47. The van der Waals surface area contributed by atoms with E-state index >= 15 is 0 Å². The Balaban J connectivity index is 1.48. The first-order chi connectivity index (χ1) is 12.1. The van der Waals surface area contributed by atoms with Gasteiger partial charge in [-0.1, -0.05) is 19.3 Å². The van der Waals surface area contributed by atoms with Gasteiger partial charge in [-0.3, -0.25) is 14.6 Å². The average molecular weight is 348 g/mol. The first-order valence-corrected chi connectivity index (χ1v) is 9.43. The van der Waals surface area contributed by atoms with Crippen molar-refractivity contribution in [3.8, 4) is 0 Å². The number of amides is 1. The molecule has 1 aliphatic heterocycles. The van der Waals surface area contributed by atoms with Gasteiger partial charge in [0.1, 0.15) is 0 Å². The van der Waals surface area contributed by atoms with Gasteiger partial charge in [-0.15, -0.1) is 0 Å². The quantitative estimate of drug-likeness (QED) is 0.732. The molecule has 0 spiro atoms. The van der Waals surface area contributed by atoms with Crippen LogP contribution in [-0.4, -0.2) is 46.5 Å². The molecule has 2 fully saturated rings. The van der Waals surface area contributed by atoms with Crippen LogP contribution >= 0.6 is 0 Å². The molecule has 1 unspecified atom stereocenters. The minimum Gasteiger partial charge on any atom is -0.352 e. The maximum absolute atomic E-state index is 12.2. The number of rotatable bonds is 5. The Kier molecular flexibility index (Phi) is 6.07. The van der Waals surface area contributed by atoms with E-state index in [9.17, 15) is 14.4 Å². The van der Waals surface area contributed by atoms with Gasteiger partial charge in [0.2, 0.25) is 5.91 Å². The van der Waals surface area contributed by atoms with Crippen LogP contribution in [0.4, 0.5) is 0 Å². The van der Waals surface area contributed by atoms with Crippen LogP contribution < -0.4 is 16.6 Å². The summed E-state index contributed by atoms with van der Waals surface area (Å²) in [4.78, 5) is 42.0. The minimum atomic E-state index is -0.556. The zero-order valence-corrected chi connectivity index (χ0v) is 14.7. The van der Waals surface area contributed by atoms with Gasteiger partial charge in [0, 0.05) is 30.9 Å². The fourth-order valence-electron chi connectivity index (χ4n) is 4.09. The number of aromatic nitrogens is 2. The van der Waals surface area contributed by atoms with Gasteiger partial charge in [0.05, 0.1) is 6.42 Å². The number of carbonyl (C=O) groups excluding carboxylic acids is 1. The van der Waals surface area contributed by atoms with E-state index in [2.05, 4.69) is 20.2 Å². The molecule has 1 aromatic heterocycles.